The van der Waals surface area contributed by atoms with Gasteiger partial charge in [0.05, 0.1) is 11.9 Å². The van der Waals surface area contributed by atoms with Gasteiger partial charge in [-0.15, -0.1) is 0 Å². The highest BCUT2D eigenvalue weighted by molar-refractivity contribution is 5.94. The van der Waals surface area contributed by atoms with Crippen LogP contribution in [0.4, 0.5) is 0 Å². The smallest absolute Gasteiger partial charge is 0.339 e. The van der Waals surface area contributed by atoms with E-state index in [4.69, 9.17) is 5.11 Å². The lowest BCUT2D eigenvalue weighted by Gasteiger charge is -2.07. The Morgan fingerprint density at radius 1 is 1.29 bits per heavy atom. The second-order valence-electron chi connectivity index (χ2n) is 3.92. The van der Waals surface area contributed by atoms with Crippen LogP contribution in [-0.2, 0) is 0 Å². The number of H-pyrrole nitrogens is 1. The summed E-state index contributed by atoms with van der Waals surface area (Å²) in [4.78, 5) is 11.0. The quantitative estimate of drug-likeness (QED) is 0.740. The van der Waals surface area contributed by atoms with Crippen LogP contribution in [0.5, 0.6) is 5.75 Å². The van der Waals surface area contributed by atoms with Crippen molar-refractivity contribution < 1.29 is 15.0 Å². The zero-order valence-corrected chi connectivity index (χ0v) is 9.48. The fraction of sp³-hybridized carbons (Fsp3) is 0.167. The first kappa shape index (κ1) is 11.2. The van der Waals surface area contributed by atoms with Gasteiger partial charge < -0.3 is 10.2 Å². The minimum absolute atomic E-state index is 0.120. The zero-order valence-electron chi connectivity index (χ0n) is 9.48. The number of rotatable bonds is 2. The number of phenolic OH excluding ortho intramolecular Hbond substituents is 1. The number of aromatic nitrogens is 2. The zero-order chi connectivity index (χ0) is 12.6. The summed E-state index contributed by atoms with van der Waals surface area (Å²) in [5, 5.41) is 25.1. The van der Waals surface area contributed by atoms with Crippen molar-refractivity contribution in [2.75, 3.05) is 0 Å². The Kier molecular flexibility index (Phi) is 2.59. The molecule has 2 aromatic rings. The van der Waals surface area contributed by atoms with E-state index in [0.29, 0.717) is 22.4 Å². The second kappa shape index (κ2) is 3.93. The average molecular weight is 232 g/mol. The van der Waals surface area contributed by atoms with Gasteiger partial charge in [0.15, 0.2) is 0 Å². The standard InChI is InChI=1S/C12H12N2O3/c1-6-3-8(4-7(2)11(6)15)10-9(12(16)17)5-13-14-10/h3-5,15H,1-2H3,(H,13,14)(H,16,17). The maximum absolute atomic E-state index is 11.0. The van der Waals surface area contributed by atoms with E-state index in [2.05, 4.69) is 10.2 Å². The SMILES string of the molecule is Cc1cc(-c2[nH]ncc2C(=O)O)cc(C)c1O. The number of carbonyl (C=O) groups is 1. The number of phenols is 1. The van der Waals surface area contributed by atoms with Gasteiger partial charge in [-0.3, -0.25) is 5.10 Å². The van der Waals surface area contributed by atoms with Gasteiger partial charge in [-0.05, 0) is 37.1 Å². The molecular weight excluding hydrogens is 220 g/mol. The van der Waals surface area contributed by atoms with Crippen LogP contribution in [0.3, 0.4) is 0 Å². The highest BCUT2D eigenvalue weighted by Gasteiger charge is 2.15. The summed E-state index contributed by atoms with van der Waals surface area (Å²) in [6.45, 7) is 3.53. The lowest BCUT2D eigenvalue weighted by Crippen LogP contribution is -1.97. The summed E-state index contributed by atoms with van der Waals surface area (Å²) in [6.07, 6.45) is 1.27. The minimum Gasteiger partial charge on any atom is -0.507 e. The van der Waals surface area contributed by atoms with Crippen molar-refractivity contribution in [2.45, 2.75) is 13.8 Å². The number of benzene rings is 1. The third kappa shape index (κ3) is 1.87. The van der Waals surface area contributed by atoms with E-state index in [9.17, 15) is 9.90 Å². The van der Waals surface area contributed by atoms with Crippen molar-refractivity contribution in [1.29, 1.82) is 0 Å². The predicted octanol–water partition coefficient (Wildman–Crippen LogP) is 2.10. The fourth-order valence-corrected chi connectivity index (χ4v) is 1.77. The van der Waals surface area contributed by atoms with Crippen LogP contribution in [0.2, 0.25) is 0 Å². The van der Waals surface area contributed by atoms with Gasteiger partial charge in [0.1, 0.15) is 11.3 Å². The van der Waals surface area contributed by atoms with Crippen molar-refractivity contribution in [1.82, 2.24) is 10.2 Å². The van der Waals surface area contributed by atoms with Gasteiger partial charge in [-0.25, -0.2) is 4.79 Å². The average Bonchev–Trinajstić information content (AvgIpc) is 2.74. The van der Waals surface area contributed by atoms with Crippen molar-refractivity contribution in [2.24, 2.45) is 0 Å². The molecule has 5 heteroatoms. The molecule has 0 saturated heterocycles. The molecule has 0 aliphatic heterocycles. The molecule has 1 aromatic heterocycles. The number of aromatic amines is 1. The van der Waals surface area contributed by atoms with Crippen LogP contribution in [0.25, 0.3) is 11.3 Å². The molecule has 2 rings (SSSR count). The number of aryl methyl sites for hydroxylation is 2. The molecule has 0 amide bonds. The molecule has 0 spiro atoms. The van der Waals surface area contributed by atoms with Crippen LogP contribution in [0, 0.1) is 13.8 Å². The van der Waals surface area contributed by atoms with Crippen molar-refractivity contribution in [3.05, 3.63) is 35.0 Å². The lowest BCUT2D eigenvalue weighted by molar-refractivity contribution is 0.0698. The molecule has 5 nitrogen and oxygen atoms in total. The molecule has 17 heavy (non-hydrogen) atoms. The van der Waals surface area contributed by atoms with Crippen molar-refractivity contribution >= 4 is 5.97 Å². The topological polar surface area (TPSA) is 86.2 Å². The van der Waals surface area contributed by atoms with E-state index in [0.717, 1.165) is 0 Å². The van der Waals surface area contributed by atoms with Gasteiger partial charge >= 0.3 is 5.97 Å². The molecule has 0 aliphatic rings. The first-order valence-electron chi connectivity index (χ1n) is 5.08. The van der Waals surface area contributed by atoms with Gasteiger partial charge in [-0.1, -0.05) is 0 Å². The largest absolute Gasteiger partial charge is 0.507 e. The lowest BCUT2D eigenvalue weighted by atomic mass is 10.0. The molecule has 1 heterocycles. The van der Waals surface area contributed by atoms with E-state index in [-0.39, 0.29) is 11.3 Å². The molecule has 0 radical (unpaired) electrons. The van der Waals surface area contributed by atoms with Crippen LogP contribution in [-0.4, -0.2) is 26.4 Å². The van der Waals surface area contributed by atoms with Crippen molar-refractivity contribution in [3.63, 3.8) is 0 Å². The summed E-state index contributed by atoms with van der Waals surface area (Å²) < 4.78 is 0. The highest BCUT2D eigenvalue weighted by Crippen LogP contribution is 2.29. The molecule has 0 atom stereocenters. The maximum Gasteiger partial charge on any atom is 0.339 e. The normalized spacial score (nSPS) is 10.5. The summed E-state index contributed by atoms with van der Waals surface area (Å²) in [5.74, 6) is -0.803. The number of aromatic hydroxyl groups is 1. The Morgan fingerprint density at radius 3 is 2.41 bits per heavy atom. The number of hydrogen-bond acceptors (Lipinski definition) is 3. The molecule has 3 N–H and O–H groups in total. The van der Waals surface area contributed by atoms with E-state index < -0.39 is 5.97 Å². The number of nitrogens with zero attached hydrogens (tertiary/aromatic N) is 1. The molecule has 88 valence electrons. The summed E-state index contributed by atoms with van der Waals surface area (Å²) in [7, 11) is 0. The highest BCUT2D eigenvalue weighted by atomic mass is 16.4. The van der Waals surface area contributed by atoms with Gasteiger partial charge in [0.25, 0.3) is 0 Å². The maximum atomic E-state index is 11.0. The monoisotopic (exact) mass is 232 g/mol. The number of nitrogens with one attached hydrogen (secondary N) is 1. The molecule has 0 aliphatic carbocycles. The summed E-state index contributed by atoms with van der Waals surface area (Å²) in [6, 6.07) is 3.45. The first-order valence-corrected chi connectivity index (χ1v) is 5.08. The summed E-state index contributed by atoms with van der Waals surface area (Å²) >= 11 is 0. The van der Waals surface area contributed by atoms with Gasteiger partial charge in [0, 0.05) is 5.56 Å². The molecule has 0 saturated carbocycles. The second-order valence-corrected chi connectivity index (χ2v) is 3.92. The number of hydrogen-bond donors (Lipinski definition) is 3. The number of carboxylic acid groups (broad SMARTS) is 1. The first-order chi connectivity index (χ1) is 8.00. The van der Waals surface area contributed by atoms with Crippen LogP contribution >= 0.6 is 0 Å². The van der Waals surface area contributed by atoms with E-state index in [1.807, 2.05) is 0 Å². The Labute approximate surface area is 97.7 Å². The summed E-state index contributed by atoms with van der Waals surface area (Å²) in [5.41, 5.74) is 2.67. The number of carboxylic acids is 1. The Balaban J connectivity index is 2.61. The number of aromatic carboxylic acids is 1. The van der Waals surface area contributed by atoms with Crippen molar-refractivity contribution in [3.8, 4) is 17.0 Å². The molecule has 0 unspecified atom stereocenters. The third-order valence-corrected chi connectivity index (χ3v) is 2.65. The Bertz CT molecular complexity index is 564. The molecule has 1 aromatic carbocycles. The van der Waals surface area contributed by atoms with E-state index in [1.54, 1.807) is 26.0 Å². The van der Waals surface area contributed by atoms with Gasteiger partial charge in [0.2, 0.25) is 0 Å². The molecular formula is C12H12N2O3. The van der Waals surface area contributed by atoms with E-state index in [1.165, 1.54) is 6.20 Å². The Morgan fingerprint density at radius 2 is 1.88 bits per heavy atom. The third-order valence-electron chi connectivity index (χ3n) is 2.65. The molecule has 0 bridgehead atoms. The van der Waals surface area contributed by atoms with Crippen LogP contribution in [0.15, 0.2) is 18.3 Å². The predicted molar refractivity (Wildman–Crippen MR) is 62.1 cm³/mol. The van der Waals surface area contributed by atoms with E-state index >= 15 is 0 Å². The van der Waals surface area contributed by atoms with Crippen LogP contribution in [0.1, 0.15) is 21.5 Å². The van der Waals surface area contributed by atoms with Gasteiger partial charge in [-0.2, -0.15) is 5.10 Å². The fourth-order valence-electron chi connectivity index (χ4n) is 1.77. The minimum atomic E-state index is -1.03. The Hall–Kier alpha value is -2.30. The van der Waals surface area contributed by atoms with Crippen LogP contribution < -0.4 is 0 Å². The molecule has 0 fully saturated rings.